The molecule has 0 saturated heterocycles. The number of thiazole rings is 1. The van der Waals surface area contributed by atoms with Crippen LogP contribution in [0.15, 0.2) is 36.7 Å². The molecule has 0 aliphatic carbocycles. The van der Waals surface area contributed by atoms with E-state index in [1.807, 2.05) is 6.07 Å². The first-order valence-electron chi connectivity index (χ1n) is 6.03. The van der Waals surface area contributed by atoms with Crippen LogP contribution in [-0.2, 0) is 0 Å². The van der Waals surface area contributed by atoms with Gasteiger partial charge < -0.3 is 4.74 Å². The number of benzene rings is 1. The minimum absolute atomic E-state index is 0.0677. The van der Waals surface area contributed by atoms with Crippen molar-refractivity contribution in [3.05, 3.63) is 48.0 Å². The summed E-state index contributed by atoms with van der Waals surface area (Å²) in [5.74, 6) is -0.511. The number of anilines is 1. The summed E-state index contributed by atoms with van der Waals surface area (Å²) in [6.45, 7) is 0. The monoisotopic (exact) mass is 303 g/mol. The number of hydrogen-bond donors (Lipinski definition) is 1. The van der Waals surface area contributed by atoms with Gasteiger partial charge in [-0.05, 0) is 24.3 Å². The minimum atomic E-state index is -0.669. The summed E-state index contributed by atoms with van der Waals surface area (Å²) < 4.78 is 19.5. The van der Waals surface area contributed by atoms with Crippen LogP contribution in [0.25, 0.3) is 10.2 Å². The van der Waals surface area contributed by atoms with Gasteiger partial charge in [0.25, 0.3) is 5.91 Å². The highest BCUT2D eigenvalue weighted by molar-refractivity contribution is 7.22. The largest absolute Gasteiger partial charge is 0.497 e. The molecular formula is C14H10FN3O2S. The number of ether oxygens (including phenoxy) is 1. The van der Waals surface area contributed by atoms with E-state index < -0.39 is 11.7 Å². The zero-order valence-electron chi connectivity index (χ0n) is 11.0. The molecule has 0 saturated carbocycles. The maximum Gasteiger partial charge on any atom is 0.260 e. The van der Waals surface area contributed by atoms with Crippen molar-refractivity contribution in [3.63, 3.8) is 0 Å². The quantitative estimate of drug-likeness (QED) is 0.807. The number of pyridine rings is 1. The molecule has 0 unspecified atom stereocenters. The summed E-state index contributed by atoms with van der Waals surface area (Å²) in [5, 5.41) is 2.99. The number of nitrogens with zero attached hydrogens (tertiary/aromatic N) is 2. The summed E-state index contributed by atoms with van der Waals surface area (Å²) >= 11 is 1.29. The lowest BCUT2D eigenvalue weighted by atomic mass is 10.2. The van der Waals surface area contributed by atoms with Crippen molar-refractivity contribution < 1.29 is 13.9 Å². The molecule has 1 N–H and O–H groups in total. The third-order valence-corrected chi connectivity index (χ3v) is 3.77. The van der Waals surface area contributed by atoms with Gasteiger partial charge in [-0.3, -0.25) is 15.1 Å². The number of carbonyl (C=O) groups is 1. The van der Waals surface area contributed by atoms with Crippen molar-refractivity contribution in [1.82, 2.24) is 9.97 Å². The number of rotatable bonds is 3. The van der Waals surface area contributed by atoms with Crippen molar-refractivity contribution in [2.45, 2.75) is 0 Å². The number of nitrogens with one attached hydrogen (secondary N) is 1. The van der Waals surface area contributed by atoms with Gasteiger partial charge >= 0.3 is 0 Å². The molecule has 1 amide bonds. The van der Waals surface area contributed by atoms with E-state index in [1.54, 1.807) is 19.2 Å². The summed E-state index contributed by atoms with van der Waals surface area (Å²) in [6, 6.07) is 6.74. The zero-order valence-corrected chi connectivity index (χ0v) is 11.8. The maximum atomic E-state index is 13.5. The van der Waals surface area contributed by atoms with Crippen LogP contribution in [0.5, 0.6) is 5.75 Å². The first-order valence-corrected chi connectivity index (χ1v) is 6.84. The molecule has 0 bridgehead atoms. The number of hydrogen-bond acceptors (Lipinski definition) is 5. The lowest BCUT2D eigenvalue weighted by Crippen LogP contribution is -2.13. The summed E-state index contributed by atoms with van der Waals surface area (Å²) in [4.78, 5) is 19.9. The van der Waals surface area contributed by atoms with Crippen molar-refractivity contribution in [2.24, 2.45) is 0 Å². The van der Waals surface area contributed by atoms with E-state index in [4.69, 9.17) is 4.74 Å². The molecule has 106 valence electrons. The predicted octanol–water partition coefficient (Wildman–Crippen LogP) is 3.09. The Hall–Kier alpha value is -2.54. The molecule has 5 nitrogen and oxygen atoms in total. The van der Waals surface area contributed by atoms with Gasteiger partial charge in [0, 0.05) is 6.20 Å². The van der Waals surface area contributed by atoms with Crippen LogP contribution in [0.1, 0.15) is 10.4 Å². The Bertz CT molecular complexity index is 819. The smallest absolute Gasteiger partial charge is 0.260 e. The van der Waals surface area contributed by atoms with E-state index in [1.165, 1.54) is 23.6 Å². The third-order valence-electron chi connectivity index (χ3n) is 2.83. The number of methoxy groups -OCH3 is 1. The summed E-state index contributed by atoms with van der Waals surface area (Å²) in [7, 11) is 1.58. The van der Waals surface area contributed by atoms with Crippen molar-refractivity contribution in [2.75, 3.05) is 12.4 Å². The maximum absolute atomic E-state index is 13.5. The number of carbonyl (C=O) groups excluding carboxylic acids is 1. The normalized spacial score (nSPS) is 10.6. The molecule has 0 aliphatic rings. The third kappa shape index (κ3) is 2.68. The number of aromatic nitrogens is 2. The molecule has 0 spiro atoms. The van der Waals surface area contributed by atoms with Crippen LogP contribution >= 0.6 is 11.3 Å². The van der Waals surface area contributed by atoms with Gasteiger partial charge in [0.2, 0.25) is 0 Å². The van der Waals surface area contributed by atoms with Gasteiger partial charge in [-0.1, -0.05) is 11.3 Å². The molecule has 0 fully saturated rings. The molecule has 0 radical (unpaired) electrons. The van der Waals surface area contributed by atoms with Crippen molar-refractivity contribution >= 4 is 32.6 Å². The molecule has 0 atom stereocenters. The van der Waals surface area contributed by atoms with E-state index in [0.29, 0.717) is 10.9 Å². The molecular weight excluding hydrogens is 293 g/mol. The van der Waals surface area contributed by atoms with Gasteiger partial charge in [0.1, 0.15) is 5.75 Å². The van der Waals surface area contributed by atoms with Crippen molar-refractivity contribution in [1.29, 1.82) is 0 Å². The van der Waals surface area contributed by atoms with Crippen LogP contribution in [0, 0.1) is 5.82 Å². The standard InChI is InChI=1S/C14H10FN3O2S/c1-20-8-2-3-11-12(6-8)21-14(17-11)18-13(19)9-4-5-16-7-10(9)15/h2-7H,1H3,(H,17,18,19). The molecule has 3 aromatic rings. The van der Waals surface area contributed by atoms with Crippen LogP contribution < -0.4 is 10.1 Å². The van der Waals surface area contributed by atoms with E-state index in [-0.39, 0.29) is 5.56 Å². The Morgan fingerprint density at radius 1 is 1.38 bits per heavy atom. The minimum Gasteiger partial charge on any atom is -0.497 e. The van der Waals surface area contributed by atoms with E-state index >= 15 is 0 Å². The lowest BCUT2D eigenvalue weighted by molar-refractivity contribution is 0.102. The first-order chi connectivity index (χ1) is 10.2. The van der Waals surface area contributed by atoms with Crippen molar-refractivity contribution in [3.8, 4) is 5.75 Å². The average Bonchev–Trinajstić information content (AvgIpc) is 2.88. The second-order valence-electron chi connectivity index (χ2n) is 4.16. The van der Waals surface area contributed by atoms with Crippen LogP contribution in [0.4, 0.5) is 9.52 Å². The fourth-order valence-electron chi connectivity index (χ4n) is 1.81. The SMILES string of the molecule is COc1ccc2nc(NC(=O)c3ccncc3F)sc2c1. The van der Waals surface area contributed by atoms with Gasteiger partial charge in [0.05, 0.1) is 29.1 Å². The fourth-order valence-corrected chi connectivity index (χ4v) is 2.70. The summed E-state index contributed by atoms with van der Waals surface area (Å²) in [6.07, 6.45) is 2.36. The number of fused-ring (bicyclic) bond motifs is 1. The van der Waals surface area contributed by atoms with Gasteiger partial charge in [-0.2, -0.15) is 0 Å². The van der Waals surface area contributed by atoms with Gasteiger partial charge in [-0.15, -0.1) is 0 Å². The number of halogens is 1. The molecule has 7 heteroatoms. The number of amides is 1. The van der Waals surface area contributed by atoms with Crippen LogP contribution in [0.3, 0.4) is 0 Å². The Kier molecular flexibility index (Phi) is 3.49. The highest BCUT2D eigenvalue weighted by atomic mass is 32.1. The van der Waals surface area contributed by atoms with Crippen LogP contribution in [-0.4, -0.2) is 23.0 Å². The molecule has 3 rings (SSSR count). The highest BCUT2D eigenvalue weighted by Crippen LogP contribution is 2.29. The Balaban J connectivity index is 1.88. The Morgan fingerprint density at radius 3 is 3.00 bits per heavy atom. The summed E-state index contributed by atoms with van der Waals surface area (Å²) in [5.41, 5.74) is 0.674. The highest BCUT2D eigenvalue weighted by Gasteiger charge is 2.14. The van der Waals surface area contributed by atoms with E-state index in [0.717, 1.165) is 16.4 Å². The van der Waals surface area contributed by atoms with Gasteiger partial charge in [0.15, 0.2) is 10.9 Å². The Morgan fingerprint density at radius 2 is 2.24 bits per heavy atom. The fraction of sp³-hybridized carbons (Fsp3) is 0.0714. The van der Waals surface area contributed by atoms with E-state index in [9.17, 15) is 9.18 Å². The molecule has 2 aromatic heterocycles. The second kappa shape index (κ2) is 5.45. The topological polar surface area (TPSA) is 64.1 Å². The average molecular weight is 303 g/mol. The molecule has 21 heavy (non-hydrogen) atoms. The second-order valence-corrected chi connectivity index (χ2v) is 5.19. The predicted molar refractivity (Wildman–Crippen MR) is 78.3 cm³/mol. The first kappa shape index (κ1) is 13.4. The van der Waals surface area contributed by atoms with Gasteiger partial charge in [-0.25, -0.2) is 9.37 Å². The Labute approximate surface area is 123 Å². The van der Waals surface area contributed by atoms with Crippen LogP contribution in [0.2, 0.25) is 0 Å². The van der Waals surface area contributed by atoms with E-state index in [2.05, 4.69) is 15.3 Å². The lowest BCUT2D eigenvalue weighted by Gasteiger charge is -2.01. The molecule has 0 aliphatic heterocycles. The zero-order chi connectivity index (χ0) is 14.8. The molecule has 1 aromatic carbocycles. The molecule has 2 heterocycles.